The predicted octanol–water partition coefficient (Wildman–Crippen LogP) is 3.83. The van der Waals surface area contributed by atoms with Crippen LogP contribution in [0.4, 0.5) is 5.69 Å². The van der Waals surface area contributed by atoms with E-state index < -0.39 is 0 Å². The molecule has 2 aromatic carbocycles. The van der Waals surface area contributed by atoms with Crippen LogP contribution in [-0.4, -0.2) is 46.0 Å². The van der Waals surface area contributed by atoms with Crippen molar-refractivity contribution in [3.63, 3.8) is 0 Å². The quantitative estimate of drug-likeness (QED) is 0.316. The molecular weight excluding hydrogens is 462 g/mol. The largest absolute Gasteiger partial charge is 0.497 e. The van der Waals surface area contributed by atoms with Gasteiger partial charge in [-0.05, 0) is 48.5 Å². The molecule has 0 spiro atoms. The molecule has 0 saturated heterocycles. The van der Waals surface area contributed by atoms with Crippen molar-refractivity contribution >= 4 is 40.9 Å². The Kier molecular flexibility index (Phi) is 8.91. The van der Waals surface area contributed by atoms with Crippen molar-refractivity contribution in [1.29, 1.82) is 0 Å². The predicted molar refractivity (Wildman–Crippen MR) is 130 cm³/mol. The molecule has 0 bridgehead atoms. The minimum atomic E-state index is -0.180. The number of allylic oxidation sites excluding steroid dienone is 1. The zero-order valence-corrected chi connectivity index (χ0v) is 19.7. The molecule has 0 aliphatic carbocycles. The first kappa shape index (κ1) is 24.3. The summed E-state index contributed by atoms with van der Waals surface area (Å²) in [5.41, 5.74) is 1.22. The molecule has 0 fully saturated rings. The third-order valence-corrected chi connectivity index (χ3v) is 5.77. The summed E-state index contributed by atoms with van der Waals surface area (Å²) in [4.78, 5) is 24.6. The van der Waals surface area contributed by atoms with Crippen LogP contribution < -0.4 is 15.4 Å². The number of hydrogen-bond acceptors (Lipinski definition) is 6. The van der Waals surface area contributed by atoms with Crippen molar-refractivity contribution in [3.05, 3.63) is 77.6 Å². The van der Waals surface area contributed by atoms with Crippen LogP contribution in [-0.2, 0) is 17.8 Å². The normalized spacial score (nSPS) is 10.5. The summed E-state index contributed by atoms with van der Waals surface area (Å²) in [6.07, 6.45) is 2.22. The minimum absolute atomic E-state index is 0.163. The van der Waals surface area contributed by atoms with Gasteiger partial charge in [-0.3, -0.25) is 9.59 Å². The first-order valence-electron chi connectivity index (χ1n) is 10.1. The van der Waals surface area contributed by atoms with Gasteiger partial charge in [0.05, 0.1) is 12.9 Å². The van der Waals surface area contributed by atoms with E-state index in [1.807, 2.05) is 4.57 Å². The second kappa shape index (κ2) is 12.1. The monoisotopic (exact) mass is 485 g/mol. The zero-order valence-electron chi connectivity index (χ0n) is 18.1. The van der Waals surface area contributed by atoms with Crippen molar-refractivity contribution in [3.8, 4) is 5.75 Å². The number of nitrogens with one attached hydrogen (secondary N) is 2. The molecule has 0 aliphatic heterocycles. The number of carbonyl (C=O) groups is 2. The number of anilines is 1. The summed E-state index contributed by atoms with van der Waals surface area (Å²) in [5, 5.41) is 15.3. The highest BCUT2D eigenvalue weighted by molar-refractivity contribution is 7.99. The molecule has 3 aromatic rings. The summed E-state index contributed by atoms with van der Waals surface area (Å²) in [5.74, 6) is 1.22. The number of ether oxygens (including phenoxy) is 1. The van der Waals surface area contributed by atoms with Gasteiger partial charge < -0.3 is 19.9 Å². The lowest BCUT2D eigenvalue weighted by atomic mass is 10.2. The lowest BCUT2D eigenvalue weighted by Gasteiger charge is -2.09. The molecular formula is C23H24ClN5O3S. The second-order valence-corrected chi connectivity index (χ2v) is 8.26. The molecule has 0 radical (unpaired) electrons. The van der Waals surface area contributed by atoms with Gasteiger partial charge in [0, 0.05) is 35.8 Å². The molecule has 3 rings (SSSR count). The van der Waals surface area contributed by atoms with E-state index in [1.54, 1.807) is 61.7 Å². The van der Waals surface area contributed by atoms with Crippen LogP contribution in [0.25, 0.3) is 0 Å². The summed E-state index contributed by atoms with van der Waals surface area (Å²) in [6.45, 7) is 4.67. The van der Waals surface area contributed by atoms with Crippen LogP contribution in [0.3, 0.4) is 0 Å². The van der Waals surface area contributed by atoms with E-state index in [0.29, 0.717) is 52.5 Å². The topological polar surface area (TPSA) is 98.1 Å². The second-order valence-electron chi connectivity index (χ2n) is 6.88. The highest BCUT2D eigenvalue weighted by Crippen LogP contribution is 2.19. The SMILES string of the molecule is C=CCn1c(CCNC(=O)c2ccc(OC)cc2)nnc1SCC(=O)Nc1ccc(Cl)cc1. The molecule has 0 saturated carbocycles. The first-order chi connectivity index (χ1) is 16.0. The van der Waals surface area contributed by atoms with Crippen LogP contribution in [0, 0.1) is 0 Å². The number of halogens is 1. The fourth-order valence-corrected chi connectivity index (χ4v) is 3.81. The van der Waals surface area contributed by atoms with Crippen LogP contribution in [0.15, 0.2) is 66.3 Å². The van der Waals surface area contributed by atoms with Crippen LogP contribution in [0.1, 0.15) is 16.2 Å². The molecule has 2 amide bonds. The third-order valence-electron chi connectivity index (χ3n) is 4.55. The average Bonchev–Trinajstić information content (AvgIpc) is 3.21. The van der Waals surface area contributed by atoms with Gasteiger partial charge in [0.15, 0.2) is 5.16 Å². The van der Waals surface area contributed by atoms with Crippen LogP contribution in [0.5, 0.6) is 5.75 Å². The van der Waals surface area contributed by atoms with Crippen molar-refractivity contribution < 1.29 is 14.3 Å². The molecule has 172 valence electrons. The van der Waals surface area contributed by atoms with Gasteiger partial charge in [-0.1, -0.05) is 29.4 Å². The first-order valence-corrected chi connectivity index (χ1v) is 11.5. The van der Waals surface area contributed by atoms with Gasteiger partial charge in [0.25, 0.3) is 5.91 Å². The Morgan fingerprint density at radius 3 is 2.55 bits per heavy atom. The highest BCUT2D eigenvalue weighted by atomic mass is 35.5. The van der Waals surface area contributed by atoms with Crippen molar-refractivity contribution in [1.82, 2.24) is 20.1 Å². The van der Waals surface area contributed by atoms with E-state index in [9.17, 15) is 9.59 Å². The third kappa shape index (κ3) is 7.10. The zero-order chi connectivity index (χ0) is 23.6. The molecule has 10 heteroatoms. The Bertz CT molecular complexity index is 1100. The average molecular weight is 486 g/mol. The standard InChI is InChI=1S/C23H24ClN5O3S/c1-3-14-29-20(12-13-25-22(31)16-4-10-19(32-2)11-5-16)27-28-23(29)33-15-21(30)26-18-8-6-17(24)7-9-18/h3-11H,1,12-15H2,2H3,(H,25,31)(H,26,30). The molecule has 0 atom stereocenters. The summed E-state index contributed by atoms with van der Waals surface area (Å²) >= 11 is 7.15. The van der Waals surface area contributed by atoms with Crippen LogP contribution in [0.2, 0.25) is 5.02 Å². The van der Waals surface area contributed by atoms with E-state index in [0.717, 1.165) is 0 Å². The maximum atomic E-state index is 12.3. The van der Waals surface area contributed by atoms with Gasteiger partial charge >= 0.3 is 0 Å². The Hall–Kier alpha value is -3.30. The van der Waals surface area contributed by atoms with E-state index in [-0.39, 0.29) is 17.6 Å². The Morgan fingerprint density at radius 2 is 1.88 bits per heavy atom. The van der Waals surface area contributed by atoms with Gasteiger partial charge in [0.2, 0.25) is 5.91 Å². The number of thioether (sulfide) groups is 1. The number of methoxy groups -OCH3 is 1. The number of rotatable bonds is 11. The lowest BCUT2D eigenvalue weighted by molar-refractivity contribution is -0.113. The van der Waals surface area contributed by atoms with Gasteiger partial charge in [-0.2, -0.15) is 0 Å². The molecule has 33 heavy (non-hydrogen) atoms. The number of hydrogen-bond donors (Lipinski definition) is 2. The number of aromatic nitrogens is 3. The van der Waals surface area contributed by atoms with Crippen molar-refractivity contribution in [2.45, 2.75) is 18.1 Å². The van der Waals surface area contributed by atoms with Gasteiger partial charge in [-0.25, -0.2) is 0 Å². The molecule has 2 N–H and O–H groups in total. The van der Waals surface area contributed by atoms with E-state index in [1.165, 1.54) is 11.8 Å². The molecule has 0 aliphatic rings. The smallest absolute Gasteiger partial charge is 0.251 e. The minimum Gasteiger partial charge on any atom is -0.497 e. The molecule has 1 heterocycles. The fourth-order valence-electron chi connectivity index (χ4n) is 2.92. The molecule has 1 aromatic heterocycles. The lowest BCUT2D eigenvalue weighted by Crippen LogP contribution is -2.26. The fraction of sp³-hybridized carbons (Fsp3) is 0.217. The maximum Gasteiger partial charge on any atom is 0.251 e. The Morgan fingerprint density at radius 1 is 1.15 bits per heavy atom. The summed E-state index contributed by atoms with van der Waals surface area (Å²) in [7, 11) is 1.58. The Balaban J connectivity index is 1.53. The number of amides is 2. The van der Waals surface area contributed by atoms with E-state index in [4.69, 9.17) is 16.3 Å². The number of carbonyl (C=O) groups excluding carboxylic acids is 2. The van der Waals surface area contributed by atoms with E-state index in [2.05, 4.69) is 27.4 Å². The Labute approximate surface area is 201 Å². The number of nitrogens with zero attached hydrogens (tertiary/aromatic N) is 3. The maximum absolute atomic E-state index is 12.3. The summed E-state index contributed by atoms with van der Waals surface area (Å²) in [6, 6.07) is 13.8. The van der Waals surface area contributed by atoms with E-state index >= 15 is 0 Å². The highest BCUT2D eigenvalue weighted by Gasteiger charge is 2.14. The molecule has 8 nitrogen and oxygen atoms in total. The number of benzene rings is 2. The van der Waals surface area contributed by atoms with Crippen LogP contribution >= 0.6 is 23.4 Å². The van der Waals surface area contributed by atoms with Crippen molar-refractivity contribution in [2.75, 3.05) is 24.7 Å². The van der Waals surface area contributed by atoms with Gasteiger partial charge in [0.1, 0.15) is 11.6 Å². The van der Waals surface area contributed by atoms with Crippen molar-refractivity contribution in [2.24, 2.45) is 0 Å². The summed E-state index contributed by atoms with van der Waals surface area (Å²) < 4.78 is 6.99. The van der Waals surface area contributed by atoms with Gasteiger partial charge in [-0.15, -0.1) is 16.8 Å². The molecule has 0 unspecified atom stereocenters.